The van der Waals surface area contributed by atoms with Gasteiger partial charge >= 0.3 is 0 Å². The molecule has 0 spiro atoms. The molecule has 9 nitrogen and oxygen atoms in total. The Kier molecular flexibility index (Phi) is 11.9. The molecule has 2 rings (SSSR count). The molecule has 0 aromatic heterocycles. The van der Waals surface area contributed by atoms with E-state index in [1.165, 1.54) is 12.1 Å². The highest BCUT2D eigenvalue weighted by molar-refractivity contribution is 7.89. The summed E-state index contributed by atoms with van der Waals surface area (Å²) in [6, 6.07) is 8.16. The molecule has 0 aliphatic carbocycles. The van der Waals surface area contributed by atoms with Crippen LogP contribution in [0.5, 0.6) is 0 Å². The second-order valence-electron chi connectivity index (χ2n) is 6.64. The molecule has 1 aromatic carbocycles. The van der Waals surface area contributed by atoms with Crippen LogP contribution in [0.1, 0.15) is 12.8 Å². The van der Waals surface area contributed by atoms with Crippen molar-refractivity contribution in [2.24, 2.45) is 0 Å². The summed E-state index contributed by atoms with van der Waals surface area (Å²) in [6.07, 6.45) is 0.647. The molecule has 30 heavy (non-hydrogen) atoms. The van der Waals surface area contributed by atoms with Gasteiger partial charge in [-0.05, 0) is 18.6 Å². The highest BCUT2D eigenvalue weighted by Gasteiger charge is 2.15. The van der Waals surface area contributed by atoms with E-state index in [4.69, 9.17) is 18.9 Å². The fraction of sp³-hybridized carbons (Fsp3) is 0.650. The van der Waals surface area contributed by atoms with Crippen molar-refractivity contribution in [3.05, 3.63) is 30.3 Å². The van der Waals surface area contributed by atoms with Gasteiger partial charge in [-0.15, -0.1) is 0 Å². The van der Waals surface area contributed by atoms with Crippen LogP contribution < -0.4 is 4.72 Å². The van der Waals surface area contributed by atoms with Crippen molar-refractivity contribution in [2.75, 3.05) is 72.5 Å². The Bertz CT molecular complexity index is 684. The van der Waals surface area contributed by atoms with Crippen molar-refractivity contribution < 1.29 is 32.2 Å². The maximum absolute atomic E-state index is 12.6. The topological polar surface area (TPSA) is 103 Å². The molecule has 10 heteroatoms. The zero-order valence-electron chi connectivity index (χ0n) is 17.3. The Morgan fingerprint density at radius 3 is 1.87 bits per heavy atom. The number of ether oxygens (including phenoxy) is 4. The molecule has 170 valence electrons. The first kappa shape index (κ1) is 24.7. The van der Waals surface area contributed by atoms with Crippen LogP contribution in [-0.2, 0) is 33.8 Å². The van der Waals surface area contributed by atoms with Crippen LogP contribution in [0.15, 0.2) is 35.2 Å². The van der Waals surface area contributed by atoms with Gasteiger partial charge in [-0.25, -0.2) is 13.1 Å². The Hall–Kier alpha value is -1.56. The summed E-state index contributed by atoms with van der Waals surface area (Å²) in [5.74, 6) is -0.0575. The van der Waals surface area contributed by atoms with Crippen LogP contribution in [0.4, 0.5) is 0 Å². The highest BCUT2D eigenvalue weighted by Crippen LogP contribution is 2.07. The monoisotopic (exact) mass is 444 g/mol. The molecule has 1 amide bonds. The number of carbonyl (C=O) groups is 1. The van der Waals surface area contributed by atoms with E-state index in [2.05, 4.69) is 4.72 Å². The van der Waals surface area contributed by atoms with Gasteiger partial charge in [0.1, 0.15) is 0 Å². The van der Waals surface area contributed by atoms with E-state index < -0.39 is 10.0 Å². The predicted octanol–water partition coefficient (Wildman–Crippen LogP) is 0.654. The number of hydrogen-bond acceptors (Lipinski definition) is 7. The average molecular weight is 445 g/mol. The number of nitrogens with zero attached hydrogens (tertiary/aromatic N) is 1. The molecule has 1 fully saturated rings. The van der Waals surface area contributed by atoms with E-state index in [1.807, 2.05) is 0 Å². The molecule has 0 unspecified atom stereocenters. The quantitative estimate of drug-likeness (QED) is 0.643. The highest BCUT2D eigenvalue weighted by atomic mass is 32.2. The minimum Gasteiger partial charge on any atom is -0.377 e. The normalized spacial score (nSPS) is 18.3. The maximum atomic E-state index is 12.6. The Morgan fingerprint density at radius 1 is 0.833 bits per heavy atom. The van der Waals surface area contributed by atoms with E-state index in [0.717, 1.165) is 0 Å². The van der Waals surface area contributed by atoms with E-state index >= 15 is 0 Å². The molecule has 0 atom stereocenters. The summed E-state index contributed by atoms with van der Waals surface area (Å²) >= 11 is 0. The van der Waals surface area contributed by atoms with E-state index in [-0.39, 0.29) is 23.8 Å². The summed E-state index contributed by atoms with van der Waals surface area (Å²) in [5, 5.41) is 0. The lowest BCUT2D eigenvalue weighted by molar-refractivity contribution is -0.133. The summed E-state index contributed by atoms with van der Waals surface area (Å²) in [6.45, 7) is 4.83. The number of amides is 1. The second-order valence-corrected chi connectivity index (χ2v) is 8.41. The predicted molar refractivity (Wildman–Crippen MR) is 111 cm³/mol. The lowest BCUT2D eigenvalue weighted by atomic mass is 10.2. The number of hydrogen-bond donors (Lipinski definition) is 1. The molecule has 1 heterocycles. The van der Waals surface area contributed by atoms with Crippen molar-refractivity contribution in [3.63, 3.8) is 0 Å². The van der Waals surface area contributed by atoms with Gasteiger partial charge < -0.3 is 23.8 Å². The molecular formula is C20H32N2O7S. The van der Waals surface area contributed by atoms with Gasteiger partial charge in [-0.1, -0.05) is 18.2 Å². The van der Waals surface area contributed by atoms with E-state index in [1.54, 1.807) is 23.1 Å². The van der Waals surface area contributed by atoms with Crippen LogP contribution in [0.3, 0.4) is 0 Å². The van der Waals surface area contributed by atoms with Crippen LogP contribution in [-0.4, -0.2) is 91.7 Å². The molecule has 1 saturated heterocycles. The fourth-order valence-electron chi connectivity index (χ4n) is 2.76. The Morgan fingerprint density at radius 2 is 1.33 bits per heavy atom. The largest absolute Gasteiger partial charge is 0.377 e. The molecule has 1 aliphatic heterocycles. The smallest absolute Gasteiger partial charge is 0.240 e. The SMILES string of the molecule is O=C(CCCNS(=O)(=O)c1ccccc1)N1CCOCCOCCOCCOCC1. The van der Waals surface area contributed by atoms with Crippen LogP contribution >= 0.6 is 0 Å². The van der Waals surface area contributed by atoms with Gasteiger partial charge in [-0.2, -0.15) is 0 Å². The number of benzene rings is 1. The third-order valence-electron chi connectivity index (χ3n) is 4.39. The maximum Gasteiger partial charge on any atom is 0.240 e. The third kappa shape index (κ3) is 9.96. The van der Waals surface area contributed by atoms with Gasteiger partial charge in [-0.3, -0.25) is 4.79 Å². The molecule has 1 N–H and O–H groups in total. The van der Waals surface area contributed by atoms with Gasteiger partial charge in [0, 0.05) is 26.1 Å². The zero-order valence-corrected chi connectivity index (χ0v) is 18.1. The van der Waals surface area contributed by atoms with Crippen molar-refractivity contribution >= 4 is 15.9 Å². The Labute approximate surface area is 178 Å². The Balaban J connectivity index is 1.74. The van der Waals surface area contributed by atoms with Crippen LogP contribution in [0.25, 0.3) is 0 Å². The van der Waals surface area contributed by atoms with Crippen LogP contribution in [0, 0.1) is 0 Å². The first-order valence-electron chi connectivity index (χ1n) is 10.2. The average Bonchev–Trinajstić information content (AvgIpc) is 2.76. The molecule has 0 radical (unpaired) electrons. The number of sulfonamides is 1. The minimum atomic E-state index is -3.56. The van der Waals surface area contributed by atoms with Crippen LogP contribution in [0.2, 0.25) is 0 Å². The minimum absolute atomic E-state index is 0.0575. The third-order valence-corrected chi connectivity index (χ3v) is 5.87. The van der Waals surface area contributed by atoms with E-state index in [0.29, 0.717) is 72.4 Å². The first-order valence-corrected chi connectivity index (χ1v) is 11.7. The van der Waals surface area contributed by atoms with Crippen molar-refractivity contribution in [1.29, 1.82) is 0 Å². The molecular weight excluding hydrogens is 412 g/mol. The fourth-order valence-corrected chi connectivity index (χ4v) is 3.85. The molecule has 1 aliphatic rings. The summed E-state index contributed by atoms with van der Waals surface area (Å²) < 4.78 is 48.8. The van der Waals surface area contributed by atoms with Gasteiger partial charge in [0.2, 0.25) is 15.9 Å². The van der Waals surface area contributed by atoms with Crippen molar-refractivity contribution in [1.82, 2.24) is 9.62 Å². The van der Waals surface area contributed by atoms with Crippen molar-refractivity contribution in [2.45, 2.75) is 17.7 Å². The standard InChI is InChI=1S/C20H32N2O7S/c23-20(7-4-8-21-30(24,25)19-5-2-1-3-6-19)22-9-11-26-13-15-28-17-18-29-16-14-27-12-10-22/h1-3,5-6,21H,4,7-18H2. The number of rotatable bonds is 6. The summed E-state index contributed by atoms with van der Waals surface area (Å²) in [5.41, 5.74) is 0. The lowest BCUT2D eigenvalue weighted by Gasteiger charge is -2.23. The second kappa shape index (κ2) is 14.4. The van der Waals surface area contributed by atoms with Crippen molar-refractivity contribution in [3.8, 4) is 0 Å². The van der Waals surface area contributed by atoms with Gasteiger partial charge in [0.25, 0.3) is 0 Å². The van der Waals surface area contributed by atoms with E-state index in [9.17, 15) is 13.2 Å². The lowest BCUT2D eigenvalue weighted by Crippen LogP contribution is -2.37. The zero-order chi connectivity index (χ0) is 21.5. The molecule has 1 aromatic rings. The van der Waals surface area contributed by atoms with Gasteiger partial charge in [0.15, 0.2) is 0 Å². The number of nitrogens with one attached hydrogen (secondary N) is 1. The molecule has 0 saturated carbocycles. The molecule has 0 bridgehead atoms. The summed E-state index contributed by atoms with van der Waals surface area (Å²) in [4.78, 5) is 14.5. The summed E-state index contributed by atoms with van der Waals surface area (Å²) in [7, 11) is -3.56. The number of carbonyl (C=O) groups excluding carboxylic acids is 1. The van der Waals surface area contributed by atoms with Gasteiger partial charge in [0.05, 0.1) is 57.8 Å². The first-order chi connectivity index (χ1) is 14.6.